The van der Waals surface area contributed by atoms with Crippen molar-refractivity contribution in [3.8, 4) is 0 Å². The summed E-state index contributed by atoms with van der Waals surface area (Å²) < 4.78 is 11.6. The molecule has 148 valence electrons. The first-order valence-corrected chi connectivity index (χ1v) is 9.80. The Labute approximate surface area is 162 Å². The van der Waals surface area contributed by atoms with Crippen LogP contribution in [0.4, 0.5) is 5.82 Å². The Balaban J connectivity index is 1.71. The number of piperidine rings is 1. The van der Waals surface area contributed by atoms with Crippen molar-refractivity contribution < 1.29 is 9.47 Å². The van der Waals surface area contributed by atoms with Gasteiger partial charge in [-0.2, -0.15) is 0 Å². The van der Waals surface area contributed by atoms with E-state index in [2.05, 4.69) is 27.9 Å². The summed E-state index contributed by atoms with van der Waals surface area (Å²) in [5.74, 6) is 1.86. The summed E-state index contributed by atoms with van der Waals surface area (Å²) in [6.45, 7) is 7.94. The Kier molecular flexibility index (Phi) is 6.05. The van der Waals surface area contributed by atoms with Gasteiger partial charge in [0.25, 0.3) is 0 Å². The second kappa shape index (κ2) is 8.30. The Morgan fingerprint density at radius 1 is 1.37 bits per heavy atom. The highest BCUT2D eigenvalue weighted by atomic mass is 16.5. The Morgan fingerprint density at radius 3 is 2.81 bits per heavy atom. The van der Waals surface area contributed by atoms with Gasteiger partial charge in [0.15, 0.2) is 0 Å². The fourth-order valence-corrected chi connectivity index (χ4v) is 3.44. The first-order valence-electron chi connectivity index (χ1n) is 9.80. The number of rotatable bonds is 7. The van der Waals surface area contributed by atoms with E-state index in [0.717, 1.165) is 67.3 Å². The zero-order valence-corrected chi connectivity index (χ0v) is 17.0. The molecule has 1 aromatic heterocycles. The highest BCUT2D eigenvalue weighted by Crippen LogP contribution is 2.40. The van der Waals surface area contributed by atoms with Crippen LogP contribution < -0.4 is 10.6 Å². The van der Waals surface area contributed by atoms with Crippen molar-refractivity contribution in [3.63, 3.8) is 0 Å². The third-order valence-corrected chi connectivity index (χ3v) is 5.36. The zero-order chi connectivity index (χ0) is 19.4. The first kappa shape index (κ1) is 19.7. The largest absolute Gasteiger partial charge is 0.492 e. The van der Waals surface area contributed by atoms with Crippen LogP contribution in [0.1, 0.15) is 52.1 Å². The van der Waals surface area contributed by atoms with Gasteiger partial charge in [-0.05, 0) is 58.1 Å². The Morgan fingerprint density at radius 2 is 2.15 bits per heavy atom. The third-order valence-electron chi connectivity index (χ3n) is 5.36. The topological polar surface area (TPSA) is 73.5 Å². The number of aromatic nitrogens is 2. The van der Waals surface area contributed by atoms with Gasteiger partial charge >= 0.3 is 0 Å². The molecule has 6 heteroatoms. The molecule has 2 heterocycles. The van der Waals surface area contributed by atoms with Crippen LogP contribution in [0.2, 0.25) is 0 Å². The predicted molar refractivity (Wildman–Crippen MR) is 107 cm³/mol. The van der Waals surface area contributed by atoms with Crippen molar-refractivity contribution in [1.29, 1.82) is 0 Å². The highest BCUT2D eigenvalue weighted by Gasteiger charge is 2.39. The Hall–Kier alpha value is -2.08. The van der Waals surface area contributed by atoms with Gasteiger partial charge in [0, 0.05) is 38.4 Å². The fraction of sp³-hybridized carbons (Fsp3) is 0.619. The molecule has 1 aliphatic heterocycles. The molecule has 1 saturated carbocycles. The lowest BCUT2D eigenvalue weighted by molar-refractivity contribution is 0.0891. The van der Waals surface area contributed by atoms with Crippen LogP contribution >= 0.6 is 0 Å². The van der Waals surface area contributed by atoms with Gasteiger partial charge in [-0.15, -0.1) is 0 Å². The molecule has 0 spiro atoms. The lowest BCUT2D eigenvalue weighted by Gasteiger charge is -2.32. The van der Waals surface area contributed by atoms with Crippen molar-refractivity contribution in [2.45, 2.75) is 64.6 Å². The van der Waals surface area contributed by atoms with Crippen LogP contribution in [-0.2, 0) is 15.9 Å². The average molecular weight is 373 g/mol. The number of anilines is 1. The summed E-state index contributed by atoms with van der Waals surface area (Å²) in [4.78, 5) is 11.2. The predicted octanol–water partition coefficient (Wildman–Crippen LogP) is 3.34. The van der Waals surface area contributed by atoms with Crippen molar-refractivity contribution in [2.75, 3.05) is 25.1 Å². The fourth-order valence-electron chi connectivity index (χ4n) is 3.44. The van der Waals surface area contributed by atoms with Gasteiger partial charge in [0.2, 0.25) is 0 Å². The summed E-state index contributed by atoms with van der Waals surface area (Å²) >= 11 is 0. The maximum Gasteiger partial charge on any atom is 0.132 e. The minimum absolute atomic E-state index is 0.0163. The van der Waals surface area contributed by atoms with Crippen LogP contribution in [0.3, 0.4) is 0 Å². The van der Waals surface area contributed by atoms with E-state index in [1.54, 1.807) is 13.4 Å². The van der Waals surface area contributed by atoms with Crippen LogP contribution in [0.5, 0.6) is 0 Å². The van der Waals surface area contributed by atoms with Crippen LogP contribution in [-0.4, -0.2) is 41.9 Å². The van der Waals surface area contributed by atoms with Gasteiger partial charge in [0.05, 0.1) is 17.6 Å². The SMILES string of the molecule is COC1CCCN(c2cc(CC(/C=C(\C)OC3(C)CC3)=C(/C)N)ncn2)C1. The Bertz CT molecular complexity index is 721. The summed E-state index contributed by atoms with van der Waals surface area (Å²) in [6, 6.07) is 2.06. The monoisotopic (exact) mass is 372 g/mol. The molecule has 1 saturated heterocycles. The molecule has 27 heavy (non-hydrogen) atoms. The summed E-state index contributed by atoms with van der Waals surface area (Å²) in [6.07, 6.45) is 9.07. The number of nitrogens with two attached hydrogens (primary N) is 1. The number of methoxy groups -OCH3 is 1. The van der Waals surface area contributed by atoms with E-state index in [0.29, 0.717) is 6.42 Å². The molecule has 3 rings (SSSR count). The van der Waals surface area contributed by atoms with E-state index < -0.39 is 0 Å². The van der Waals surface area contributed by atoms with E-state index in [4.69, 9.17) is 15.2 Å². The number of hydrogen-bond donors (Lipinski definition) is 1. The van der Waals surface area contributed by atoms with E-state index in [1.165, 1.54) is 0 Å². The van der Waals surface area contributed by atoms with Crippen molar-refractivity contribution >= 4 is 5.82 Å². The molecule has 6 nitrogen and oxygen atoms in total. The molecular formula is C21H32N4O2. The molecule has 0 bridgehead atoms. The minimum Gasteiger partial charge on any atom is -0.492 e. The van der Waals surface area contributed by atoms with E-state index >= 15 is 0 Å². The second-order valence-corrected chi connectivity index (χ2v) is 8.01. The third kappa shape index (κ3) is 5.45. The van der Waals surface area contributed by atoms with Gasteiger partial charge in [-0.25, -0.2) is 9.97 Å². The van der Waals surface area contributed by atoms with Gasteiger partial charge in [0.1, 0.15) is 17.7 Å². The summed E-state index contributed by atoms with van der Waals surface area (Å²) in [5, 5.41) is 0. The summed E-state index contributed by atoms with van der Waals surface area (Å²) in [7, 11) is 1.78. The normalized spacial score (nSPS) is 23.0. The van der Waals surface area contributed by atoms with E-state index in [1.807, 2.05) is 19.9 Å². The second-order valence-electron chi connectivity index (χ2n) is 8.01. The van der Waals surface area contributed by atoms with Crippen molar-refractivity contribution in [1.82, 2.24) is 9.97 Å². The molecule has 1 unspecified atom stereocenters. The molecule has 2 N–H and O–H groups in total. The number of ether oxygens (including phenoxy) is 2. The maximum atomic E-state index is 6.14. The molecule has 0 aromatic carbocycles. The molecule has 0 amide bonds. The lowest BCUT2D eigenvalue weighted by atomic mass is 10.1. The number of nitrogens with zero attached hydrogens (tertiary/aromatic N) is 3. The highest BCUT2D eigenvalue weighted by molar-refractivity contribution is 5.41. The van der Waals surface area contributed by atoms with Gasteiger partial charge in [-0.1, -0.05) is 0 Å². The zero-order valence-electron chi connectivity index (χ0n) is 17.0. The molecule has 1 aliphatic carbocycles. The number of allylic oxidation sites excluding steroid dienone is 4. The van der Waals surface area contributed by atoms with Crippen molar-refractivity contribution in [2.24, 2.45) is 5.73 Å². The smallest absolute Gasteiger partial charge is 0.132 e. The maximum absolute atomic E-state index is 6.14. The van der Waals surface area contributed by atoms with Crippen molar-refractivity contribution in [3.05, 3.63) is 41.2 Å². The molecular weight excluding hydrogens is 340 g/mol. The van der Waals surface area contributed by atoms with Gasteiger partial charge < -0.3 is 20.1 Å². The quantitative estimate of drug-likeness (QED) is 0.584. The van der Waals surface area contributed by atoms with Gasteiger partial charge in [-0.3, -0.25) is 0 Å². The van der Waals surface area contributed by atoms with Crippen LogP contribution in [0.25, 0.3) is 0 Å². The molecule has 0 radical (unpaired) electrons. The standard InChI is InChI=1S/C21H32N4O2/c1-15(27-21(3)7-8-21)10-17(16(2)22)11-18-12-20(24-14-23-18)25-9-5-6-19(13-25)26-4/h10,12,14,19H,5-9,11,13,22H2,1-4H3/b15-10+,17-16-. The minimum atomic E-state index is 0.0163. The van der Waals surface area contributed by atoms with E-state index in [9.17, 15) is 0 Å². The molecule has 2 aliphatic rings. The molecule has 2 fully saturated rings. The lowest BCUT2D eigenvalue weighted by Crippen LogP contribution is -2.39. The van der Waals surface area contributed by atoms with E-state index in [-0.39, 0.29) is 11.7 Å². The molecule has 1 atom stereocenters. The molecule has 1 aromatic rings. The first-order chi connectivity index (χ1) is 12.9. The van der Waals surface area contributed by atoms with Crippen LogP contribution in [0.15, 0.2) is 35.5 Å². The number of hydrogen-bond acceptors (Lipinski definition) is 6. The average Bonchev–Trinajstić information content (AvgIpc) is 3.37. The summed E-state index contributed by atoms with van der Waals surface area (Å²) in [5.41, 5.74) is 8.94. The van der Waals surface area contributed by atoms with Crippen LogP contribution in [0, 0.1) is 0 Å².